The van der Waals surface area contributed by atoms with E-state index in [-0.39, 0.29) is 0 Å². The molecule has 2 heteroatoms. The SMILES string of the molecule is CCCNC(CN(C)C(C)CCC)c1ccccc1C. The molecule has 0 aliphatic carbocycles. The third-order valence-electron chi connectivity index (χ3n) is 4.13. The van der Waals surface area contributed by atoms with Gasteiger partial charge in [0.2, 0.25) is 0 Å². The lowest BCUT2D eigenvalue weighted by Gasteiger charge is -2.30. The Balaban J connectivity index is 2.77. The zero-order valence-electron chi connectivity index (χ0n) is 13.9. The number of hydrogen-bond acceptors (Lipinski definition) is 2. The van der Waals surface area contributed by atoms with Crippen LogP contribution in [0.15, 0.2) is 24.3 Å². The van der Waals surface area contributed by atoms with Crippen LogP contribution in [0.5, 0.6) is 0 Å². The van der Waals surface area contributed by atoms with Crippen LogP contribution in [0.4, 0.5) is 0 Å². The van der Waals surface area contributed by atoms with Crippen molar-refractivity contribution in [3.8, 4) is 0 Å². The minimum absolute atomic E-state index is 0.431. The lowest BCUT2D eigenvalue weighted by atomic mass is 10.00. The average Bonchev–Trinajstić information content (AvgIpc) is 2.44. The molecule has 0 saturated carbocycles. The van der Waals surface area contributed by atoms with Crippen molar-refractivity contribution >= 4 is 0 Å². The fraction of sp³-hybridized carbons (Fsp3) is 0.667. The van der Waals surface area contributed by atoms with Gasteiger partial charge in [0.25, 0.3) is 0 Å². The van der Waals surface area contributed by atoms with Crippen molar-refractivity contribution in [2.75, 3.05) is 20.1 Å². The van der Waals surface area contributed by atoms with E-state index in [9.17, 15) is 0 Å². The first-order valence-corrected chi connectivity index (χ1v) is 8.09. The number of benzene rings is 1. The summed E-state index contributed by atoms with van der Waals surface area (Å²) in [4.78, 5) is 2.49. The molecule has 0 amide bonds. The van der Waals surface area contributed by atoms with Gasteiger partial charge >= 0.3 is 0 Å². The van der Waals surface area contributed by atoms with Gasteiger partial charge < -0.3 is 10.2 Å². The third-order valence-corrected chi connectivity index (χ3v) is 4.13. The molecule has 0 aliphatic heterocycles. The van der Waals surface area contributed by atoms with Crippen molar-refractivity contribution in [1.82, 2.24) is 10.2 Å². The molecule has 2 unspecified atom stereocenters. The van der Waals surface area contributed by atoms with E-state index in [2.05, 4.69) is 69.2 Å². The first kappa shape index (κ1) is 17.2. The highest BCUT2D eigenvalue weighted by Gasteiger charge is 2.17. The van der Waals surface area contributed by atoms with Crippen LogP contribution in [0.25, 0.3) is 0 Å². The topological polar surface area (TPSA) is 15.3 Å². The van der Waals surface area contributed by atoms with Gasteiger partial charge in [-0.05, 0) is 51.4 Å². The molecule has 0 bridgehead atoms. The first-order valence-electron chi connectivity index (χ1n) is 8.09. The van der Waals surface area contributed by atoms with E-state index in [1.807, 2.05) is 0 Å². The summed E-state index contributed by atoms with van der Waals surface area (Å²) in [6, 6.07) is 9.83. The molecule has 0 saturated heterocycles. The Hall–Kier alpha value is -0.860. The van der Waals surface area contributed by atoms with Gasteiger partial charge in [0.15, 0.2) is 0 Å². The van der Waals surface area contributed by atoms with E-state index >= 15 is 0 Å². The summed E-state index contributed by atoms with van der Waals surface area (Å²) in [5, 5.41) is 3.71. The third kappa shape index (κ3) is 5.26. The summed E-state index contributed by atoms with van der Waals surface area (Å²) in [7, 11) is 2.25. The van der Waals surface area contributed by atoms with E-state index in [4.69, 9.17) is 0 Å². The van der Waals surface area contributed by atoms with Gasteiger partial charge in [0.1, 0.15) is 0 Å². The Labute approximate surface area is 125 Å². The molecule has 0 heterocycles. The van der Waals surface area contributed by atoms with Gasteiger partial charge in [-0.1, -0.05) is 44.5 Å². The molecule has 1 aromatic carbocycles. The lowest BCUT2D eigenvalue weighted by molar-refractivity contribution is 0.218. The van der Waals surface area contributed by atoms with Crippen molar-refractivity contribution < 1.29 is 0 Å². The quantitative estimate of drug-likeness (QED) is 0.728. The maximum Gasteiger partial charge on any atom is 0.0451 e. The molecular weight excluding hydrogens is 244 g/mol. The van der Waals surface area contributed by atoms with Crippen molar-refractivity contribution in [3.05, 3.63) is 35.4 Å². The minimum atomic E-state index is 0.431. The molecular formula is C18H32N2. The van der Waals surface area contributed by atoms with Gasteiger partial charge in [-0.2, -0.15) is 0 Å². The molecule has 1 N–H and O–H groups in total. The zero-order chi connectivity index (χ0) is 15.0. The smallest absolute Gasteiger partial charge is 0.0451 e. The zero-order valence-corrected chi connectivity index (χ0v) is 13.9. The highest BCUT2D eigenvalue weighted by Crippen LogP contribution is 2.19. The Morgan fingerprint density at radius 2 is 1.85 bits per heavy atom. The van der Waals surface area contributed by atoms with Crippen molar-refractivity contribution in [1.29, 1.82) is 0 Å². The van der Waals surface area contributed by atoms with Crippen LogP contribution in [-0.4, -0.2) is 31.1 Å². The van der Waals surface area contributed by atoms with Gasteiger partial charge in [-0.3, -0.25) is 0 Å². The maximum absolute atomic E-state index is 3.71. The van der Waals surface area contributed by atoms with Gasteiger partial charge in [-0.15, -0.1) is 0 Å². The monoisotopic (exact) mass is 276 g/mol. The summed E-state index contributed by atoms with van der Waals surface area (Å²) in [6.07, 6.45) is 3.70. The summed E-state index contributed by atoms with van der Waals surface area (Å²) < 4.78 is 0. The molecule has 0 aromatic heterocycles. The number of hydrogen-bond donors (Lipinski definition) is 1. The number of aryl methyl sites for hydroxylation is 1. The molecule has 1 aromatic rings. The van der Waals surface area contributed by atoms with Crippen LogP contribution < -0.4 is 5.32 Å². The molecule has 114 valence electrons. The van der Waals surface area contributed by atoms with Crippen LogP contribution >= 0.6 is 0 Å². The maximum atomic E-state index is 3.71. The summed E-state index contributed by atoms with van der Waals surface area (Å²) in [6.45, 7) is 11.2. The summed E-state index contributed by atoms with van der Waals surface area (Å²) in [5.41, 5.74) is 2.83. The second-order valence-corrected chi connectivity index (χ2v) is 5.94. The molecule has 1 rings (SSSR count). The molecule has 0 aliphatic rings. The van der Waals surface area contributed by atoms with E-state index < -0.39 is 0 Å². The summed E-state index contributed by atoms with van der Waals surface area (Å²) >= 11 is 0. The van der Waals surface area contributed by atoms with Crippen molar-refractivity contribution in [2.45, 2.75) is 59.0 Å². The van der Waals surface area contributed by atoms with E-state index in [0.29, 0.717) is 12.1 Å². The molecule has 0 radical (unpaired) electrons. The second-order valence-electron chi connectivity index (χ2n) is 5.94. The average molecular weight is 276 g/mol. The normalized spacial score (nSPS) is 14.5. The molecule has 20 heavy (non-hydrogen) atoms. The molecule has 2 nitrogen and oxygen atoms in total. The first-order chi connectivity index (χ1) is 9.60. The highest BCUT2D eigenvalue weighted by atomic mass is 15.1. The van der Waals surface area contributed by atoms with Crippen LogP contribution in [0.3, 0.4) is 0 Å². The second kappa shape index (κ2) is 9.15. The van der Waals surface area contributed by atoms with E-state index in [1.54, 1.807) is 0 Å². The minimum Gasteiger partial charge on any atom is -0.309 e. The van der Waals surface area contributed by atoms with Crippen LogP contribution in [-0.2, 0) is 0 Å². The van der Waals surface area contributed by atoms with Crippen LogP contribution in [0, 0.1) is 6.92 Å². The largest absolute Gasteiger partial charge is 0.309 e. The fourth-order valence-electron chi connectivity index (χ4n) is 2.68. The Morgan fingerprint density at radius 3 is 2.45 bits per heavy atom. The summed E-state index contributed by atoms with van der Waals surface area (Å²) in [5.74, 6) is 0. The lowest BCUT2D eigenvalue weighted by Crippen LogP contribution is -2.38. The molecule has 2 atom stereocenters. The van der Waals surface area contributed by atoms with Crippen LogP contribution in [0.2, 0.25) is 0 Å². The standard InChI is InChI=1S/C18H32N2/c1-6-10-16(4)20(5)14-18(19-13-7-2)17-12-9-8-11-15(17)3/h8-9,11-12,16,18-19H,6-7,10,13-14H2,1-5H3. The number of rotatable bonds is 9. The van der Waals surface area contributed by atoms with Crippen LogP contribution in [0.1, 0.15) is 57.2 Å². The van der Waals surface area contributed by atoms with Crippen molar-refractivity contribution in [3.63, 3.8) is 0 Å². The predicted molar refractivity (Wildman–Crippen MR) is 89.2 cm³/mol. The number of nitrogens with one attached hydrogen (secondary N) is 1. The van der Waals surface area contributed by atoms with Gasteiger partial charge in [0, 0.05) is 18.6 Å². The predicted octanol–water partition coefficient (Wildman–Crippen LogP) is 4.16. The molecule has 0 fully saturated rings. The van der Waals surface area contributed by atoms with Gasteiger partial charge in [-0.25, -0.2) is 0 Å². The number of likely N-dealkylation sites (N-methyl/N-ethyl adjacent to an activating group) is 1. The Morgan fingerprint density at radius 1 is 1.15 bits per heavy atom. The highest BCUT2D eigenvalue weighted by molar-refractivity contribution is 5.29. The fourth-order valence-corrected chi connectivity index (χ4v) is 2.68. The number of nitrogens with zero attached hydrogens (tertiary/aromatic N) is 1. The van der Waals surface area contributed by atoms with Crippen molar-refractivity contribution in [2.24, 2.45) is 0 Å². The Kier molecular flexibility index (Phi) is 7.86. The Bertz CT molecular complexity index is 375. The van der Waals surface area contributed by atoms with Gasteiger partial charge in [0.05, 0.1) is 0 Å². The van der Waals surface area contributed by atoms with E-state index in [1.165, 1.54) is 30.4 Å². The molecule has 0 spiro atoms. The van der Waals surface area contributed by atoms with E-state index in [0.717, 1.165) is 13.1 Å².